The van der Waals surface area contributed by atoms with Crippen LogP contribution in [0.1, 0.15) is 17.2 Å². The fourth-order valence-electron chi connectivity index (χ4n) is 2.35. The summed E-state index contributed by atoms with van der Waals surface area (Å²) in [5, 5.41) is 21.2. The van der Waals surface area contributed by atoms with Crippen molar-refractivity contribution in [2.45, 2.75) is 12.2 Å². The summed E-state index contributed by atoms with van der Waals surface area (Å²) in [7, 11) is 0. The van der Waals surface area contributed by atoms with Crippen molar-refractivity contribution >= 4 is 23.2 Å². The zero-order valence-corrected chi connectivity index (χ0v) is 12.8. The molecule has 126 valence electrons. The van der Waals surface area contributed by atoms with Crippen molar-refractivity contribution in [3.05, 3.63) is 86.0 Å². The number of carbonyl (C=O) groups is 1. The molecule has 0 bridgehead atoms. The summed E-state index contributed by atoms with van der Waals surface area (Å²) in [6, 6.07) is 11.7. The first-order chi connectivity index (χ1) is 12.0. The predicted octanol–water partition coefficient (Wildman–Crippen LogP) is 3.23. The van der Waals surface area contributed by atoms with Crippen LogP contribution < -0.4 is 0 Å². The van der Waals surface area contributed by atoms with E-state index >= 15 is 0 Å². The molecule has 0 aromatic heterocycles. The Bertz CT molecular complexity index is 858. The Labute approximate surface area is 141 Å². The third-order valence-corrected chi connectivity index (χ3v) is 3.75. The second-order valence-corrected chi connectivity index (χ2v) is 5.41. The van der Waals surface area contributed by atoms with Gasteiger partial charge in [0.1, 0.15) is 6.10 Å². The molecule has 25 heavy (non-hydrogen) atoms. The van der Waals surface area contributed by atoms with Gasteiger partial charge in [0.25, 0.3) is 11.4 Å². The fourth-order valence-corrected chi connectivity index (χ4v) is 2.35. The summed E-state index contributed by atoms with van der Waals surface area (Å²) < 4.78 is 5.34. The molecule has 2 aromatic carbocycles. The summed E-state index contributed by atoms with van der Waals surface area (Å²) in [5.74, 6) is -0.235. The van der Waals surface area contributed by atoms with Gasteiger partial charge in [-0.1, -0.05) is 6.08 Å². The Morgan fingerprint density at radius 2 is 1.44 bits per heavy atom. The van der Waals surface area contributed by atoms with E-state index in [1.54, 1.807) is 30.3 Å². The number of nitro groups is 2. The number of hydrogen-bond acceptors (Lipinski definition) is 6. The zero-order valence-electron chi connectivity index (χ0n) is 12.8. The summed E-state index contributed by atoms with van der Waals surface area (Å²) in [4.78, 5) is 32.3. The van der Waals surface area contributed by atoms with Crippen LogP contribution in [0.4, 0.5) is 11.4 Å². The lowest BCUT2D eigenvalue weighted by Crippen LogP contribution is -2.03. The average Bonchev–Trinajstić information content (AvgIpc) is 3.41. The summed E-state index contributed by atoms with van der Waals surface area (Å²) in [6.07, 6.45) is 1.89. The van der Waals surface area contributed by atoms with Gasteiger partial charge in [-0.2, -0.15) is 0 Å². The van der Waals surface area contributed by atoms with Gasteiger partial charge in [0.05, 0.1) is 9.85 Å². The van der Waals surface area contributed by atoms with Gasteiger partial charge in [-0.25, -0.2) is 0 Å². The van der Waals surface area contributed by atoms with E-state index < -0.39 is 22.1 Å². The maximum Gasteiger partial charge on any atom is 0.269 e. The minimum atomic E-state index is -0.615. The van der Waals surface area contributed by atoms with Crippen molar-refractivity contribution in [1.82, 2.24) is 0 Å². The van der Waals surface area contributed by atoms with E-state index in [4.69, 9.17) is 4.74 Å². The van der Waals surface area contributed by atoms with Crippen molar-refractivity contribution in [2.24, 2.45) is 0 Å². The van der Waals surface area contributed by atoms with Crippen LogP contribution in [0, 0.1) is 20.2 Å². The van der Waals surface area contributed by atoms with Crippen molar-refractivity contribution in [1.29, 1.82) is 0 Å². The van der Waals surface area contributed by atoms with Gasteiger partial charge in [-0.15, -0.1) is 0 Å². The molecule has 2 aromatic rings. The quantitative estimate of drug-likeness (QED) is 0.345. The number of nitrogens with zero attached hydrogens (tertiary/aromatic N) is 2. The molecule has 1 fully saturated rings. The molecule has 2 unspecified atom stereocenters. The Morgan fingerprint density at radius 1 is 0.920 bits per heavy atom. The lowest BCUT2D eigenvalue weighted by atomic mass is 10.1. The number of carbonyl (C=O) groups excluding carboxylic acids is 1. The molecule has 1 aliphatic heterocycles. The van der Waals surface area contributed by atoms with Gasteiger partial charge >= 0.3 is 0 Å². The number of benzene rings is 2. The minimum absolute atomic E-state index is 0.0211. The van der Waals surface area contributed by atoms with Crippen LogP contribution in [0.3, 0.4) is 0 Å². The van der Waals surface area contributed by atoms with Gasteiger partial charge in [0.15, 0.2) is 11.9 Å². The molecule has 0 spiro atoms. The fraction of sp³-hybridized carbons (Fsp3) is 0.118. The number of nitro benzene ring substituents is 2. The van der Waals surface area contributed by atoms with Crippen LogP contribution in [0.25, 0.3) is 6.08 Å². The molecule has 0 aliphatic carbocycles. The standard InChI is InChI=1S/C17H12N2O6/c20-15(10-3-11-1-6-13(7-2-11)18(21)22)17-16(25-17)12-4-8-14(9-5-12)19(23)24/h1-10,16-17H/b10-3+. The first kappa shape index (κ1) is 16.5. The van der Waals surface area contributed by atoms with Gasteiger partial charge < -0.3 is 4.74 Å². The normalized spacial score (nSPS) is 18.9. The van der Waals surface area contributed by atoms with Gasteiger partial charge in [0.2, 0.25) is 0 Å². The molecular formula is C17H12N2O6. The highest BCUT2D eigenvalue weighted by atomic mass is 16.6. The number of ether oxygens (including phenoxy) is 1. The number of ketones is 1. The third-order valence-electron chi connectivity index (χ3n) is 3.75. The number of non-ortho nitro benzene ring substituents is 2. The van der Waals surface area contributed by atoms with Crippen LogP contribution in [-0.2, 0) is 9.53 Å². The first-order valence-corrected chi connectivity index (χ1v) is 7.32. The first-order valence-electron chi connectivity index (χ1n) is 7.32. The molecule has 1 heterocycles. The monoisotopic (exact) mass is 340 g/mol. The van der Waals surface area contributed by atoms with E-state index in [2.05, 4.69) is 0 Å². The topological polar surface area (TPSA) is 116 Å². The van der Waals surface area contributed by atoms with Crippen molar-refractivity contribution in [2.75, 3.05) is 0 Å². The van der Waals surface area contributed by atoms with E-state index in [9.17, 15) is 25.0 Å². The minimum Gasteiger partial charge on any atom is -0.356 e. The molecule has 2 atom stereocenters. The van der Waals surface area contributed by atoms with Crippen molar-refractivity contribution in [3.63, 3.8) is 0 Å². The predicted molar refractivity (Wildman–Crippen MR) is 87.8 cm³/mol. The highest BCUT2D eigenvalue weighted by Gasteiger charge is 2.44. The van der Waals surface area contributed by atoms with Crippen LogP contribution >= 0.6 is 0 Å². The van der Waals surface area contributed by atoms with E-state index in [1.165, 1.54) is 30.3 Å². The molecular weight excluding hydrogens is 328 g/mol. The largest absolute Gasteiger partial charge is 0.356 e. The van der Waals surface area contributed by atoms with Crippen LogP contribution in [0.5, 0.6) is 0 Å². The summed E-state index contributed by atoms with van der Waals surface area (Å²) in [6.45, 7) is 0. The second-order valence-electron chi connectivity index (χ2n) is 5.41. The van der Waals surface area contributed by atoms with Crippen LogP contribution in [0.15, 0.2) is 54.6 Å². The molecule has 0 radical (unpaired) electrons. The highest BCUT2D eigenvalue weighted by molar-refractivity contribution is 5.99. The van der Waals surface area contributed by atoms with Crippen LogP contribution in [0.2, 0.25) is 0 Å². The summed E-state index contributed by atoms with van der Waals surface area (Å²) >= 11 is 0. The number of hydrogen-bond donors (Lipinski definition) is 0. The Hall–Kier alpha value is -3.39. The lowest BCUT2D eigenvalue weighted by molar-refractivity contribution is -0.385. The maximum atomic E-state index is 12.1. The summed E-state index contributed by atoms with van der Waals surface area (Å²) in [5.41, 5.74) is 1.32. The van der Waals surface area contributed by atoms with Gasteiger partial charge in [-0.3, -0.25) is 25.0 Å². The SMILES string of the molecule is O=C(/C=C/c1ccc([N+](=O)[O-])cc1)C1OC1c1ccc([N+](=O)[O-])cc1. The molecule has 0 amide bonds. The molecule has 8 nitrogen and oxygen atoms in total. The van der Waals surface area contributed by atoms with E-state index in [0.29, 0.717) is 11.1 Å². The molecule has 3 rings (SSSR count). The lowest BCUT2D eigenvalue weighted by Gasteiger charge is -1.95. The van der Waals surface area contributed by atoms with Gasteiger partial charge in [-0.05, 0) is 41.5 Å². The number of epoxide rings is 1. The molecule has 1 saturated heterocycles. The maximum absolute atomic E-state index is 12.1. The average molecular weight is 340 g/mol. The third kappa shape index (κ3) is 3.75. The van der Waals surface area contributed by atoms with Crippen molar-refractivity contribution < 1.29 is 19.4 Å². The van der Waals surface area contributed by atoms with E-state index in [1.807, 2.05) is 0 Å². The Balaban J connectivity index is 1.61. The van der Waals surface area contributed by atoms with E-state index in [-0.39, 0.29) is 17.2 Å². The smallest absolute Gasteiger partial charge is 0.269 e. The van der Waals surface area contributed by atoms with Gasteiger partial charge in [0, 0.05) is 24.3 Å². The zero-order chi connectivity index (χ0) is 18.0. The molecule has 0 saturated carbocycles. The Morgan fingerprint density at radius 3 is 1.96 bits per heavy atom. The Kier molecular flexibility index (Phi) is 4.36. The van der Waals surface area contributed by atoms with E-state index in [0.717, 1.165) is 0 Å². The molecule has 1 aliphatic rings. The van der Waals surface area contributed by atoms with Crippen molar-refractivity contribution in [3.8, 4) is 0 Å². The molecule has 8 heteroatoms. The molecule has 0 N–H and O–H groups in total. The second kappa shape index (κ2) is 6.62. The number of rotatable bonds is 6. The van der Waals surface area contributed by atoms with Crippen LogP contribution in [-0.4, -0.2) is 21.7 Å². The highest BCUT2D eigenvalue weighted by Crippen LogP contribution is 2.40.